The number of methoxy groups -OCH3 is 4. The molecular weight excluding hydrogens is 1160 g/mol. The van der Waals surface area contributed by atoms with Crippen molar-refractivity contribution in [3.05, 3.63) is 160 Å². The predicted octanol–water partition coefficient (Wildman–Crippen LogP) is 7.66. The summed E-state index contributed by atoms with van der Waals surface area (Å²) in [5.74, 6) is -10.1. The van der Waals surface area contributed by atoms with E-state index >= 15 is 0 Å². The van der Waals surface area contributed by atoms with E-state index in [-0.39, 0.29) is 90.3 Å². The zero-order valence-corrected chi connectivity index (χ0v) is 46.9. The molecule has 2 aliphatic carbocycles. The summed E-state index contributed by atoms with van der Waals surface area (Å²) >= 11 is 1.89. The van der Waals surface area contributed by atoms with Gasteiger partial charge in [-0.25, -0.2) is 41.5 Å². The van der Waals surface area contributed by atoms with Crippen LogP contribution in [0.1, 0.15) is 118 Å². The van der Waals surface area contributed by atoms with Crippen molar-refractivity contribution < 1.29 is 124 Å². The van der Waals surface area contributed by atoms with Gasteiger partial charge in [-0.1, -0.05) is 86.8 Å². The van der Waals surface area contributed by atoms with Gasteiger partial charge < -0.3 is 56.8 Å². The summed E-state index contributed by atoms with van der Waals surface area (Å²) in [5.41, 5.74) is 0.727. The molecule has 2 saturated carbocycles. The molecule has 18 nitrogen and oxygen atoms in total. The van der Waals surface area contributed by atoms with Crippen LogP contribution in [0.3, 0.4) is 0 Å². The first-order valence-corrected chi connectivity index (χ1v) is 22.5. The molecule has 2 atom stereocenters. The van der Waals surface area contributed by atoms with E-state index < -0.39 is 70.2 Å². The predicted molar refractivity (Wildman–Crippen MR) is 288 cm³/mol. The number of carboxylic acids is 1. The monoisotopic (exact) mass is 1220 g/mol. The minimum absolute atomic E-state index is 0. The third-order valence-corrected chi connectivity index (χ3v) is 10.9. The normalized spacial score (nSPS) is 13.7. The smallest absolute Gasteiger partial charge is 0.870 e. The molecule has 29 heteroatoms. The van der Waals surface area contributed by atoms with Crippen molar-refractivity contribution in [1.82, 2.24) is 6.15 Å². The topological polar surface area (TPSA) is 359 Å². The first-order chi connectivity index (χ1) is 34.3. The number of halogens is 8. The number of alkyl halides is 6. The molecule has 0 saturated heterocycles. The van der Waals surface area contributed by atoms with E-state index in [2.05, 4.69) is 55.9 Å². The van der Waals surface area contributed by atoms with Crippen molar-refractivity contribution in [2.45, 2.75) is 88.1 Å². The first-order valence-electron chi connectivity index (χ1n) is 20.9. The number of carbonyl (C=O) groups is 5. The maximum atomic E-state index is 12.9. The Bertz CT molecular complexity index is 2500. The van der Waals surface area contributed by atoms with Gasteiger partial charge in [-0.3, -0.25) is 0 Å². The maximum Gasteiger partial charge on any atom is 1.00 e. The van der Waals surface area contributed by atoms with Crippen molar-refractivity contribution in [3.8, 4) is 0 Å². The fourth-order valence-corrected chi connectivity index (χ4v) is 5.64. The Hall–Kier alpha value is -6.11. The Morgan fingerprint density at radius 2 is 0.950 bits per heavy atom. The molecule has 2 aliphatic rings. The molecule has 4 aromatic rings. The van der Waals surface area contributed by atoms with Gasteiger partial charge in [0.2, 0.25) is 0 Å². The molecule has 0 bridgehead atoms. The molecule has 442 valence electrons. The van der Waals surface area contributed by atoms with Gasteiger partial charge in [-0.15, -0.1) is 12.6 Å². The second kappa shape index (κ2) is 42.7. The number of aromatic carboxylic acids is 1. The first kappa shape index (κ1) is 90.4. The van der Waals surface area contributed by atoms with Crippen LogP contribution >= 0.6 is 28.1 Å². The quantitative estimate of drug-likeness (QED) is 0.0389. The van der Waals surface area contributed by atoms with E-state index in [1.54, 1.807) is 88.4 Å². The molecule has 0 amide bonds. The van der Waals surface area contributed by atoms with Gasteiger partial charge in [-0.2, -0.15) is 12.7 Å². The van der Waals surface area contributed by atoms with Gasteiger partial charge in [0, 0.05) is 28.1 Å². The maximum absolute atomic E-state index is 12.9. The summed E-state index contributed by atoms with van der Waals surface area (Å²) in [6.07, 6.45) is 1.21. The number of aliphatic hydroxyl groups is 2. The van der Waals surface area contributed by atoms with Gasteiger partial charge in [0.15, 0.2) is 0 Å². The number of hydrogen-bond acceptors (Lipinski definition) is 16. The number of hydrogen-bond donors (Lipinski definition) is 4. The number of carboxylic acid groups (broad SMARTS) is 1. The molecule has 2 unspecified atom stereocenters. The Morgan fingerprint density at radius 1 is 0.662 bits per heavy atom. The van der Waals surface area contributed by atoms with Crippen LogP contribution < -0.4 is 25.0 Å². The number of carbonyl (C=O) groups excluding carboxylic acids is 4. The van der Waals surface area contributed by atoms with E-state index in [9.17, 15) is 54.2 Å². The summed E-state index contributed by atoms with van der Waals surface area (Å²) < 4.78 is 104. The molecule has 11 N–H and O–H groups in total. The van der Waals surface area contributed by atoms with Crippen LogP contribution in [0.2, 0.25) is 0 Å². The fourth-order valence-electron chi connectivity index (χ4n) is 5.05. The molecule has 4 aromatic carbocycles. The molecule has 2 radical (unpaired) electrons. The number of benzene rings is 4. The minimum Gasteiger partial charge on any atom is -0.870 e. The van der Waals surface area contributed by atoms with Crippen molar-refractivity contribution in [2.75, 3.05) is 28.4 Å². The Labute approximate surface area is 486 Å². The van der Waals surface area contributed by atoms with Gasteiger partial charge >= 0.3 is 54.0 Å². The molecule has 6 rings (SSSR count). The van der Waals surface area contributed by atoms with Crippen LogP contribution in [-0.4, -0.2) is 126 Å². The summed E-state index contributed by atoms with van der Waals surface area (Å²) in [6.45, 7) is 13.0. The van der Waals surface area contributed by atoms with Crippen molar-refractivity contribution in [2.24, 2.45) is 0 Å². The molecule has 80 heavy (non-hydrogen) atoms. The average Bonchev–Trinajstić information content (AvgIpc) is 4.24. The molecule has 0 aromatic heterocycles. The number of rotatable bonds is 10. The largest absolute Gasteiger partial charge is 1.00 e. The van der Waals surface area contributed by atoms with Crippen molar-refractivity contribution in [1.29, 1.82) is 10.8 Å². The number of nitrogens with zero attached hydrogens (tertiary/aromatic N) is 2. The molecule has 2 fully saturated rings. The van der Waals surface area contributed by atoms with Crippen LogP contribution in [0, 0.1) is 10.8 Å². The molecule has 0 aliphatic heterocycles. The van der Waals surface area contributed by atoms with E-state index in [0.717, 1.165) is 17.1 Å². The number of ether oxygens (including phenoxy) is 4. The average molecular weight is 1220 g/mol. The minimum atomic E-state index is -4.06. The van der Waals surface area contributed by atoms with Crippen LogP contribution in [0.25, 0.3) is 6.08 Å². The van der Waals surface area contributed by atoms with Crippen LogP contribution in [0.15, 0.2) is 121 Å². The molecule has 0 heterocycles. The third-order valence-electron chi connectivity index (χ3n) is 9.84. The summed E-state index contributed by atoms with van der Waals surface area (Å²) in [7, 11) is 9.33. The van der Waals surface area contributed by atoms with Crippen LogP contribution in [0.5, 0.6) is 0 Å². The van der Waals surface area contributed by atoms with Crippen LogP contribution in [0.4, 0.5) is 30.2 Å². The second-order valence-electron chi connectivity index (χ2n) is 15.7. The van der Waals surface area contributed by atoms with E-state index in [1.807, 2.05) is 18.2 Å². The Morgan fingerprint density at radius 3 is 1.24 bits per heavy atom. The third kappa shape index (κ3) is 31.0. The number of esters is 4. The van der Waals surface area contributed by atoms with Gasteiger partial charge in [0.1, 0.15) is 20.0 Å². The zero-order chi connectivity index (χ0) is 57.8. The van der Waals surface area contributed by atoms with Crippen molar-refractivity contribution >= 4 is 71.8 Å². The molecular formula is C51H67BBrF7LiN3O15S. The van der Waals surface area contributed by atoms with Crippen LogP contribution in [-0.2, 0) is 23.7 Å². The second-order valence-corrected chi connectivity index (χ2v) is 17.2. The SMILES string of the molecule is C.C=Cc1ccccc1C(=O)OC.CC(C)(O)C(C)(C)O.COC(=O)C(F)(F)SF.COC(=O)c1ccccc1Br.COC(=O)c1ccccc1C1CC1(F)F.N.N#N.O.O.O=C(O)c1ccccc1C1CC1(F)F.[B]C=C.[Li+].[OH-]. The standard InChI is InChI=1S/C11H10F2O2.C10H8F2O2.C10H10O2.C8H7BrO2.C6H14O2.C3H3F3O2S.C2H3B.CH4.Li.N2.H3N.3H2O/c1-15-10(14)8-5-3-2-4-7(8)9-6-11(9,12)13;11-10(12)5-8(10)6-3-1-2-4-7(6)9(13)14;1-3-8-6-4-5-7-9(8)10(11)12-2;1-11-8(10)6-4-2-3-5-7(6)9;1-5(2,7)6(3,4)8;1-8-2(7)3(4,5)9-6;1-2-3;;;1-2;;;;/h2-5,9H,6H2,1H3;1-4,8H,5H2,(H,13,14);3-7H,1H2,2H3;2-5H,1H3;7-8H,1-4H3;1H3;2H,1H2;1H4;;;1H3;3*1H2/q;;;;;;;;+1;;;;;/p-1. The van der Waals surface area contributed by atoms with E-state index in [4.69, 9.17) is 26.1 Å². The molecule has 0 spiro atoms. The summed E-state index contributed by atoms with van der Waals surface area (Å²) in [4.78, 5) is 54.0. The summed E-state index contributed by atoms with van der Waals surface area (Å²) in [5, 5.41) is 34.9. The van der Waals surface area contributed by atoms with E-state index in [1.165, 1.54) is 51.6 Å². The van der Waals surface area contributed by atoms with Gasteiger partial charge in [0.25, 0.3) is 11.8 Å². The summed E-state index contributed by atoms with van der Waals surface area (Å²) in [6, 6.07) is 26.6. The Kier molecular flexibility index (Phi) is 48.3. The van der Waals surface area contributed by atoms with Crippen molar-refractivity contribution in [3.63, 3.8) is 0 Å². The fraction of sp³-hybridized carbons (Fsp3) is 0.353. The zero-order valence-electron chi connectivity index (χ0n) is 44.4. The van der Waals surface area contributed by atoms with Gasteiger partial charge in [0.05, 0.1) is 73.7 Å². The van der Waals surface area contributed by atoms with Gasteiger partial charge in [-0.05, 0) is 90.6 Å². The Balaban J connectivity index is -0.000000127. The van der Waals surface area contributed by atoms with E-state index in [0.29, 0.717) is 16.7 Å².